The Kier molecular flexibility index (Phi) is 10.5. The van der Waals surface area contributed by atoms with Gasteiger partial charge in [-0.25, -0.2) is 24.5 Å². The number of H-pyrrole nitrogens is 2. The Morgan fingerprint density at radius 1 is 0.821 bits per heavy atom. The van der Waals surface area contributed by atoms with Crippen molar-refractivity contribution in [3.05, 3.63) is 72.7 Å². The second kappa shape index (κ2) is 15.4. The van der Waals surface area contributed by atoms with Crippen molar-refractivity contribution < 1.29 is 28.7 Å². The molecular formula is C40H46N10O6. The number of fused-ring (bicyclic) bond motifs is 1. The molecule has 0 spiro atoms. The number of alkyl carbamates (subject to hydrolysis) is 1. The zero-order valence-corrected chi connectivity index (χ0v) is 32.0. The van der Waals surface area contributed by atoms with E-state index in [1.807, 2.05) is 56.3 Å². The maximum absolute atomic E-state index is 13.7. The summed E-state index contributed by atoms with van der Waals surface area (Å²) in [7, 11) is 1.26. The molecule has 4 amide bonds. The Bertz CT molecular complexity index is 2270. The summed E-state index contributed by atoms with van der Waals surface area (Å²) in [6.07, 6.45) is 6.75. The van der Waals surface area contributed by atoms with E-state index in [9.17, 15) is 19.2 Å². The van der Waals surface area contributed by atoms with Crippen LogP contribution < -0.4 is 11.1 Å². The number of carbonyl (C=O) groups is 4. The van der Waals surface area contributed by atoms with Crippen molar-refractivity contribution >= 4 is 35.0 Å². The highest BCUT2D eigenvalue weighted by Gasteiger charge is 2.47. The number of primary amides is 1. The van der Waals surface area contributed by atoms with Crippen molar-refractivity contribution in [2.24, 2.45) is 11.7 Å². The van der Waals surface area contributed by atoms with Gasteiger partial charge in [0.2, 0.25) is 5.91 Å². The SMILES string of the molecule is COC(=O)N[C@H](C)C(=O)N1CCCC1c1ncc(-c2ccc3nc(-c4ccc(-c5cnc(C6CCCN6C(=O)[C@@](C)(OC(N)=O)C(C)C)[nH]5)cc4)cnc3c2)[nH]1. The molecule has 0 radical (unpaired) electrons. The van der Waals surface area contributed by atoms with Crippen LogP contribution in [0.25, 0.3) is 44.8 Å². The molecule has 0 aliphatic carbocycles. The van der Waals surface area contributed by atoms with Gasteiger partial charge in [-0.2, -0.15) is 0 Å². The van der Waals surface area contributed by atoms with Gasteiger partial charge in [0.05, 0.1) is 65.9 Å². The number of aromatic amines is 2. The van der Waals surface area contributed by atoms with E-state index in [1.54, 1.807) is 42.2 Å². The maximum atomic E-state index is 13.7. The van der Waals surface area contributed by atoms with Gasteiger partial charge in [-0.05, 0) is 57.2 Å². The zero-order chi connectivity index (χ0) is 39.7. The van der Waals surface area contributed by atoms with Crippen LogP contribution in [0.3, 0.4) is 0 Å². The number of benzene rings is 2. The molecule has 4 atom stereocenters. The van der Waals surface area contributed by atoms with Gasteiger partial charge in [0.15, 0.2) is 5.60 Å². The highest BCUT2D eigenvalue weighted by Crippen LogP contribution is 2.37. The molecule has 5 N–H and O–H groups in total. The predicted molar refractivity (Wildman–Crippen MR) is 206 cm³/mol. The Morgan fingerprint density at radius 3 is 2.04 bits per heavy atom. The van der Waals surface area contributed by atoms with Crippen LogP contribution in [0.1, 0.15) is 77.1 Å². The first-order valence-corrected chi connectivity index (χ1v) is 18.8. The van der Waals surface area contributed by atoms with Crippen LogP contribution in [0.15, 0.2) is 61.1 Å². The lowest BCUT2D eigenvalue weighted by molar-refractivity contribution is -0.155. The van der Waals surface area contributed by atoms with Crippen LogP contribution in [0.5, 0.6) is 0 Å². The third-order valence-corrected chi connectivity index (χ3v) is 10.9. The summed E-state index contributed by atoms with van der Waals surface area (Å²) in [5.41, 5.74) is 10.4. The predicted octanol–water partition coefficient (Wildman–Crippen LogP) is 5.66. The molecular weight excluding hydrogens is 717 g/mol. The minimum atomic E-state index is -1.38. The standard InChI is InChI=1S/C40H46N10O6/c1-22(2)40(4,56-38(41)53)37(52)50-17-7-9-33(50)35-43-20-30(47-35)25-12-10-24(11-13-25)29-19-42-28-18-26(14-15-27(28)46-29)31-21-44-34(48-31)32-8-6-16-49(32)36(51)23(3)45-39(54)55-5/h10-15,18-23,32-33H,6-9,16-17H2,1-5H3,(H2,41,53)(H,43,47)(H,44,48)(H,45,54)/t23-,32?,33?,40+/m1/s1. The summed E-state index contributed by atoms with van der Waals surface area (Å²) in [6, 6.07) is 12.5. The summed E-state index contributed by atoms with van der Waals surface area (Å²) in [5.74, 6) is 0.594. The number of imidazole rings is 2. The molecule has 2 aliphatic rings. The number of aromatic nitrogens is 6. The van der Waals surface area contributed by atoms with Crippen LogP contribution in [-0.2, 0) is 19.1 Å². The molecule has 292 valence electrons. The maximum Gasteiger partial charge on any atom is 0.407 e. The van der Waals surface area contributed by atoms with Crippen LogP contribution in [0.2, 0.25) is 0 Å². The van der Waals surface area contributed by atoms with Crippen LogP contribution in [0, 0.1) is 5.92 Å². The van der Waals surface area contributed by atoms with E-state index in [0.717, 1.165) is 70.5 Å². The molecule has 2 unspecified atom stereocenters. The van der Waals surface area contributed by atoms with E-state index in [2.05, 4.69) is 30.0 Å². The Labute approximate surface area is 323 Å². The molecule has 5 heterocycles. The summed E-state index contributed by atoms with van der Waals surface area (Å²) >= 11 is 0. The molecule has 0 bridgehead atoms. The van der Waals surface area contributed by atoms with E-state index in [4.69, 9.17) is 20.4 Å². The van der Waals surface area contributed by atoms with Crippen molar-refractivity contribution in [1.82, 2.24) is 45.0 Å². The molecule has 2 saturated heterocycles. The third-order valence-electron chi connectivity index (χ3n) is 10.9. The fourth-order valence-corrected chi connectivity index (χ4v) is 7.50. The summed E-state index contributed by atoms with van der Waals surface area (Å²) in [5, 5.41) is 2.55. The fraction of sp³-hybridized carbons (Fsp3) is 0.400. The minimum absolute atomic E-state index is 0.191. The topological polar surface area (TPSA) is 214 Å². The molecule has 56 heavy (non-hydrogen) atoms. The number of ether oxygens (including phenoxy) is 2. The second-order valence-electron chi connectivity index (χ2n) is 14.8. The van der Waals surface area contributed by atoms with Gasteiger partial charge in [-0.3, -0.25) is 14.6 Å². The molecule has 2 aliphatic heterocycles. The Hall–Kier alpha value is -6.32. The van der Waals surface area contributed by atoms with E-state index in [0.29, 0.717) is 24.7 Å². The highest BCUT2D eigenvalue weighted by atomic mass is 16.6. The van der Waals surface area contributed by atoms with Crippen LogP contribution >= 0.6 is 0 Å². The van der Waals surface area contributed by atoms with Gasteiger partial charge >= 0.3 is 12.2 Å². The van der Waals surface area contributed by atoms with Crippen molar-refractivity contribution in [2.75, 3.05) is 20.2 Å². The lowest BCUT2D eigenvalue weighted by atomic mass is 9.90. The van der Waals surface area contributed by atoms with Crippen molar-refractivity contribution in [3.63, 3.8) is 0 Å². The number of hydrogen-bond donors (Lipinski definition) is 4. The average molecular weight is 763 g/mol. The summed E-state index contributed by atoms with van der Waals surface area (Å²) < 4.78 is 10.00. The van der Waals surface area contributed by atoms with E-state index in [-0.39, 0.29) is 29.8 Å². The molecule has 5 aromatic rings. The first-order chi connectivity index (χ1) is 26.9. The smallest absolute Gasteiger partial charge is 0.407 e. The lowest BCUT2D eigenvalue weighted by Gasteiger charge is -2.36. The number of hydrogen-bond acceptors (Lipinski definition) is 10. The van der Waals surface area contributed by atoms with Crippen LogP contribution in [0.4, 0.5) is 9.59 Å². The van der Waals surface area contributed by atoms with Crippen molar-refractivity contribution in [1.29, 1.82) is 0 Å². The van der Waals surface area contributed by atoms with Crippen molar-refractivity contribution in [2.45, 2.75) is 77.1 Å². The van der Waals surface area contributed by atoms with E-state index < -0.39 is 23.8 Å². The van der Waals surface area contributed by atoms with Gasteiger partial charge < -0.3 is 40.3 Å². The summed E-state index contributed by atoms with van der Waals surface area (Å²) in [4.78, 5) is 79.3. The van der Waals surface area contributed by atoms with Gasteiger partial charge in [0.25, 0.3) is 5.91 Å². The van der Waals surface area contributed by atoms with Crippen molar-refractivity contribution in [3.8, 4) is 33.8 Å². The molecule has 2 aromatic carbocycles. The number of methoxy groups -OCH3 is 1. The van der Waals surface area contributed by atoms with Crippen LogP contribution in [-0.4, -0.2) is 95.5 Å². The lowest BCUT2D eigenvalue weighted by Crippen LogP contribution is -2.53. The molecule has 7 rings (SSSR count). The Morgan fingerprint density at radius 2 is 1.41 bits per heavy atom. The number of nitrogens with one attached hydrogen (secondary N) is 3. The normalized spacial score (nSPS) is 18.5. The zero-order valence-electron chi connectivity index (χ0n) is 32.0. The summed E-state index contributed by atoms with van der Waals surface area (Å²) in [6.45, 7) is 8.01. The van der Waals surface area contributed by atoms with E-state index in [1.165, 1.54) is 7.11 Å². The average Bonchev–Trinajstić information content (AvgIpc) is 4.03. The molecule has 3 aromatic heterocycles. The monoisotopic (exact) mass is 762 g/mol. The number of nitrogens with two attached hydrogens (primary N) is 1. The molecule has 2 fully saturated rings. The van der Waals surface area contributed by atoms with Gasteiger partial charge in [-0.15, -0.1) is 0 Å². The largest absolute Gasteiger partial charge is 0.453 e. The number of likely N-dealkylation sites (tertiary alicyclic amines) is 2. The molecule has 16 heteroatoms. The number of nitrogens with zero attached hydrogens (tertiary/aromatic N) is 6. The first-order valence-electron chi connectivity index (χ1n) is 18.8. The number of carbonyl (C=O) groups excluding carboxylic acids is 4. The fourth-order valence-electron chi connectivity index (χ4n) is 7.50. The third kappa shape index (κ3) is 7.38. The molecule has 16 nitrogen and oxygen atoms in total. The molecule has 0 saturated carbocycles. The number of amides is 4. The minimum Gasteiger partial charge on any atom is -0.453 e. The Balaban J connectivity index is 1.03. The number of rotatable bonds is 10. The van der Waals surface area contributed by atoms with Gasteiger partial charge in [0.1, 0.15) is 17.7 Å². The van der Waals surface area contributed by atoms with Gasteiger partial charge in [0, 0.05) is 30.1 Å². The second-order valence-corrected chi connectivity index (χ2v) is 14.8. The van der Waals surface area contributed by atoms with E-state index >= 15 is 0 Å². The first kappa shape index (κ1) is 38.0. The highest BCUT2D eigenvalue weighted by molar-refractivity contribution is 5.88. The van der Waals surface area contributed by atoms with Gasteiger partial charge in [-0.1, -0.05) is 44.2 Å². The quantitative estimate of drug-likeness (QED) is 0.137.